The monoisotopic (exact) mass is 1700 g/mol. The number of fused-ring (bicyclic) bond motifs is 8. The number of aryl methyl sites for hydroxylation is 4. The minimum atomic E-state index is -5.08. The molecule has 2 fully saturated rings. The zero-order valence-corrected chi connectivity index (χ0v) is 67.1. The largest absolute Gasteiger partial charge is 0.490 e. The molecule has 4 aromatic heterocycles. The van der Waals surface area contributed by atoms with E-state index in [0.717, 1.165) is 88.1 Å². The molecule has 33 nitrogen and oxygen atoms in total. The van der Waals surface area contributed by atoms with Gasteiger partial charge in [-0.2, -0.15) is 13.2 Å². The molecule has 2 unspecified atom stereocenters. The summed E-state index contributed by atoms with van der Waals surface area (Å²) in [7, 11) is 0. The summed E-state index contributed by atoms with van der Waals surface area (Å²) in [5.74, 6) is -7.00. The standard InChI is InChI=1S/C38H37ClN8O7S.C19H17ClN4O2S.C19H22N4O6.C2HF3O2/c1-19-20(2)55-38-31(19)33(22-9-11-23(39)12-10-22)42-25(34-45-44-21(3)46(34)38)17-29(49)40-15-4-5-16-41-30(50)18-54-27-8-6-7-24-32(27)37(53)47(36(24)52)26-13-14-28(48)43-35(26)51;1-9-10(2)27-19-16(9)17(12-4-6-13(20)7-5-12)21-14(8-15(25)26)18-23-22-11(3)24(18)19;20-8-1-2-9-21-15(25)10-29-13-5-3-4-11-16(13)19(28)23(18(11)27)12-6-7-14(24)22-17(12)26;3-2(4,5)1(6)7/h6-12,25-26H,4-5,13-18H2,1-3H3,(H,40,49)(H,41,50)(H,43,48,51);4-7,14H,8H2,1-3H3,(H,25,26);3-5,12H,1-2,6-10,20H2,(H,21,25)(H,22,24,26);(H,6,7)/t25-,26?;14-;;/m11../s1. The van der Waals surface area contributed by atoms with Crippen molar-refractivity contribution in [2.24, 2.45) is 15.7 Å². The lowest BCUT2D eigenvalue weighted by Gasteiger charge is -2.27. The van der Waals surface area contributed by atoms with Crippen molar-refractivity contribution in [3.05, 3.63) is 184 Å². The molecule has 4 aromatic carbocycles. The van der Waals surface area contributed by atoms with Crippen LogP contribution < -0.4 is 41.8 Å². The van der Waals surface area contributed by atoms with Crippen LogP contribution in [0.4, 0.5) is 13.2 Å². The fourth-order valence-corrected chi connectivity index (χ4v) is 16.2. The summed E-state index contributed by atoms with van der Waals surface area (Å²) in [4.78, 5) is 171. The number of nitrogens with two attached hydrogens (primary N) is 1. The number of unbranched alkanes of at least 4 members (excludes halogenated alkanes) is 2. The predicted octanol–water partition coefficient (Wildman–Crippen LogP) is 7.91. The number of imide groups is 4. The second kappa shape index (κ2) is 37.3. The molecule has 4 atom stereocenters. The number of hydrogen-bond donors (Lipinski definition) is 8. The molecule has 0 spiro atoms. The lowest BCUT2D eigenvalue weighted by atomic mass is 9.99. The summed E-state index contributed by atoms with van der Waals surface area (Å²) in [6.07, 6.45) is -2.36. The fourth-order valence-electron chi connectivity index (χ4n) is 13.5. The van der Waals surface area contributed by atoms with Crippen LogP contribution in [0, 0.1) is 41.5 Å². The third kappa shape index (κ3) is 19.2. The van der Waals surface area contributed by atoms with Crippen LogP contribution in [-0.4, -0.2) is 196 Å². The van der Waals surface area contributed by atoms with Crippen LogP contribution >= 0.6 is 45.9 Å². The number of thiophene rings is 2. The van der Waals surface area contributed by atoms with Gasteiger partial charge >= 0.3 is 18.1 Å². The number of amides is 11. The molecule has 2 saturated heterocycles. The first-order valence-electron chi connectivity index (χ1n) is 36.9. The van der Waals surface area contributed by atoms with Gasteiger partial charge in [-0.3, -0.25) is 97.1 Å². The maximum absolute atomic E-state index is 13.3. The van der Waals surface area contributed by atoms with Gasteiger partial charge in [0.05, 0.1) is 46.5 Å². The number of carbonyl (C=O) groups excluding carboxylic acids is 11. The Balaban J connectivity index is 0.000000181. The number of piperidine rings is 2. The number of aromatic nitrogens is 6. The van der Waals surface area contributed by atoms with Gasteiger partial charge < -0.3 is 41.4 Å². The molecule has 0 radical (unpaired) electrons. The van der Waals surface area contributed by atoms with Gasteiger partial charge in [0, 0.05) is 74.5 Å². The third-order valence-electron chi connectivity index (χ3n) is 19.5. The number of aliphatic imine (C=N–C) groups is 2. The van der Waals surface area contributed by atoms with Crippen molar-refractivity contribution in [1.29, 1.82) is 0 Å². The molecule has 10 heterocycles. The highest BCUT2D eigenvalue weighted by molar-refractivity contribution is 7.15. The number of nitrogens with zero attached hydrogens (tertiary/aromatic N) is 10. The second-order valence-electron chi connectivity index (χ2n) is 27.5. The molecule has 6 aliphatic rings. The van der Waals surface area contributed by atoms with E-state index in [-0.39, 0.29) is 90.7 Å². The minimum absolute atomic E-state index is 0.00279. The molecule has 0 aliphatic carbocycles. The highest BCUT2D eigenvalue weighted by atomic mass is 35.5. The van der Waals surface area contributed by atoms with Gasteiger partial charge in [0.25, 0.3) is 35.4 Å². The molecule has 11 amide bonds. The molecule has 118 heavy (non-hydrogen) atoms. The van der Waals surface area contributed by atoms with Crippen molar-refractivity contribution in [1.82, 2.24) is 65.9 Å². The Bertz CT molecular complexity index is 5430. The molecule has 0 saturated carbocycles. The smallest absolute Gasteiger partial charge is 0.483 e. The van der Waals surface area contributed by atoms with Gasteiger partial charge in [-0.15, -0.1) is 43.1 Å². The number of ether oxygens (including phenoxy) is 2. The Labute approximate surface area is 687 Å². The first-order valence-corrected chi connectivity index (χ1v) is 39.3. The van der Waals surface area contributed by atoms with Crippen LogP contribution in [0.1, 0.15) is 184 Å². The molecule has 40 heteroatoms. The van der Waals surface area contributed by atoms with E-state index >= 15 is 0 Å². The van der Waals surface area contributed by atoms with Crippen molar-refractivity contribution in [2.75, 3.05) is 39.4 Å². The average molecular weight is 1700 g/mol. The van der Waals surface area contributed by atoms with E-state index in [1.165, 1.54) is 41.3 Å². The van der Waals surface area contributed by atoms with Crippen molar-refractivity contribution < 1.29 is 95.2 Å². The quantitative estimate of drug-likeness (QED) is 0.0223. The van der Waals surface area contributed by atoms with E-state index < -0.39 is 102 Å². The van der Waals surface area contributed by atoms with E-state index in [1.807, 2.05) is 71.5 Å². The maximum atomic E-state index is 13.3. The van der Waals surface area contributed by atoms with Crippen molar-refractivity contribution in [3.8, 4) is 21.5 Å². The molecular formula is C78H77Cl2F3N16O17S2. The molecular weight excluding hydrogens is 1620 g/mol. The summed E-state index contributed by atoms with van der Waals surface area (Å²) in [6, 6.07) is 20.5. The summed E-state index contributed by atoms with van der Waals surface area (Å²) in [5.41, 5.74) is 13.0. The number of carboxylic acids is 2. The van der Waals surface area contributed by atoms with Gasteiger partial charge in [-0.05, 0) is 146 Å². The van der Waals surface area contributed by atoms with Crippen LogP contribution in [0.2, 0.25) is 10.0 Å². The van der Waals surface area contributed by atoms with Gasteiger partial charge in [-0.25, -0.2) is 4.79 Å². The number of rotatable bonds is 23. The van der Waals surface area contributed by atoms with Crippen LogP contribution in [0.25, 0.3) is 10.0 Å². The number of carboxylic acid groups (broad SMARTS) is 2. The minimum Gasteiger partial charge on any atom is -0.483 e. The predicted molar refractivity (Wildman–Crippen MR) is 421 cm³/mol. The van der Waals surface area contributed by atoms with Gasteiger partial charge in [0.2, 0.25) is 29.5 Å². The van der Waals surface area contributed by atoms with Crippen molar-refractivity contribution in [2.45, 2.75) is 136 Å². The van der Waals surface area contributed by atoms with Gasteiger partial charge in [0.1, 0.15) is 57.3 Å². The normalized spacial score (nSPS) is 17.0. The van der Waals surface area contributed by atoms with Crippen molar-refractivity contribution in [3.63, 3.8) is 0 Å². The number of alkyl halides is 3. The zero-order chi connectivity index (χ0) is 85.3. The number of aliphatic carboxylic acids is 2. The van der Waals surface area contributed by atoms with Crippen LogP contribution in [0.3, 0.4) is 0 Å². The summed E-state index contributed by atoms with van der Waals surface area (Å²) in [6.45, 7) is 13.0. The Hall–Kier alpha value is -12.3. The third-order valence-corrected chi connectivity index (χ3v) is 22.4. The van der Waals surface area contributed by atoms with E-state index in [2.05, 4.69) is 74.7 Å². The SMILES string of the molecule is Cc1sc2c(c1C)C(c1ccc(Cl)cc1)=N[C@H](CC(=O)NCCCCNC(=O)COc1cccc3c1C(=O)N(C1CCC(=O)NC1=O)C3=O)c1nnc(C)n1-2.Cc1sc2c(c1C)C(c1ccc(Cl)cc1)=N[C@H](CC(=O)O)c1nnc(C)n1-2.NCCCCNC(=O)COc1cccc2c1C(=O)N(C1CCC(=O)NC1=O)C2=O.O=C(O)C(F)(F)F. The Morgan fingerprint density at radius 2 is 0.915 bits per heavy atom. The lowest BCUT2D eigenvalue weighted by molar-refractivity contribution is -0.192. The summed E-state index contributed by atoms with van der Waals surface area (Å²) < 4.78 is 46.8. The number of benzene rings is 4. The zero-order valence-electron chi connectivity index (χ0n) is 64.0. The molecule has 0 bridgehead atoms. The van der Waals surface area contributed by atoms with E-state index in [1.54, 1.807) is 22.7 Å². The Kier molecular flexibility index (Phi) is 27.4. The Morgan fingerprint density at radius 1 is 0.534 bits per heavy atom. The van der Waals surface area contributed by atoms with E-state index in [4.69, 9.17) is 58.3 Å². The van der Waals surface area contributed by atoms with Crippen LogP contribution in [0.5, 0.6) is 11.5 Å². The molecule has 14 rings (SSSR count). The number of halogens is 5. The van der Waals surface area contributed by atoms with Crippen molar-refractivity contribution >= 4 is 134 Å². The Morgan fingerprint density at radius 3 is 1.29 bits per heavy atom. The van der Waals surface area contributed by atoms with E-state index in [9.17, 15) is 75.8 Å². The second-order valence-corrected chi connectivity index (χ2v) is 30.8. The fraction of sp³-hybridized carbons (Fsp3) is 0.346. The number of carbonyl (C=O) groups is 13. The number of nitrogens with one attached hydrogen (secondary N) is 5. The lowest BCUT2D eigenvalue weighted by Crippen LogP contribution is -2.54. The highest BCUT2D eigenvalue weighted by Crippen LogP contribution is 2.43. The van der Waals surface area contributed by atoms with E-state index in [0.29, 0.717) is 66.5 Å². The average Bonchev–Trinajstić information content (AvgIpc) is 1.59. The summed E-state index contributed by atoms with van der Waals surface area (Å²) >= 11 is 15.5. The molecule has 9 N–H and O–H groups in total. The first kappa shape index (κ1) is 86.6. The highest BCUT2D eigenvalue weighted by Gasteiger charge is 2.48. The van der Waals surface area contributed by atoms with Crippen LogP contribution in [0.15, 0.2) is 94.9 Å². The molecule has 618 valence electrons. The van der Waals surface area contributed by atoms with Crippen LogP contribution in [-0.2, 0) is 43.2 Å². The maximum Gasteiger partial charge on any atom is 0.490 e. The van der Waals surface area contributed by atoms with Gasteiger partial charge in [-0.1, -0.05) is 59.6 Å². The van der Waals surface area contributed by atoms with Gasteiger partial charge in [0.15, 0.2) is 24.9 Å². The number of hydrogen-bond acceptors (Lipinski definition) is 24. The first-order chi connectivity index (χ1) is 56.2. The molecule has 8 aromatic rings. The summed E-state index contributed by atoms with van der Waals surface area (Å²) in [5, 5.41) is 49.7. The molecule has 6 aliphatic heterocycles. The topological polar surface area (TPSA) is 460 Å².